The van der Waals surface area contributed by atoms with Gasteiger partial charge in [-0.3, -0.25) is 4.79 Å². The van der Waals surface area contributed by atoms with Crippen LogP contribution in [0.2, 0.25) is 0 Å². The molecule has 0 aliphatic carbocycles. The molecule has 2 heterocycles. The minimum atomic E-state index is -0.189. The van der Waals surface area contributed by atoms with Crippen molar-refractivity contribution in [3.05, 3.63) is 33.8 Å². The number of methoxy groups -OCH3 is 1. The van der Waals surface area contributed by atoms with Crippen molar-refractivity contribution in [2.45, 2.75) is 26.3 Å². The van der Waals surface area contributed by atoms with Gasteiger partial charge in [0.15, 0.2) is 11.5 Å². The van der Waals surface area contributed by atoms with E-state index in [1.807, 2.05) is 6.07 Å². The van der Waals surface area contributed by atoms with E-state index in [-0.39, 0.29) is 5.91 Å². The van der Waals surface area contributed by atoms with E-state index in [4.69, 9.17) is 14.2 Å². The number of carbonyl (C=O) groups is 1. The number of fused-ring (bicyclic) bond motifs is 1. The van der Waals surface area contributed by atoms with Crippen molar-refractivity contribution < 1.29 is 19.0 Å². The number of amides is 1. The second kappa shape index (κ2) is 7.53. The van der Waals surface area contributed by atoms with Crippen molar-refractivity contribution in [1.82, 2.24) is 10.3 Å². The fraction of sp³-hybridized carbons (Fsp3) is 0.412. The van der Waals surface area contributed by atoms with E-state index in [2.05, 4.69) is 17.2 Å². The van der Waals surface area contributed by atoms with Crippen LogP contribution in [0.15, 0.2) is 17.5 Å². The van der Waals surface area contributed by atoms with Gasteiger partial charge in [0.05, 0.1) is 12.1 Å². The SMILES string of the molecule is CCCc1nc(C(=O)NCc2cc3c(cc2OC)OCCO3)cs1. The van der Waals surface area contributed by atoms with Crippen LogP contribution >= 0.6 is 11.3 Å². The van der Waals surface area contributed by atoms with Crippen LogP contribution in [0, 0.1) is 0 Å². The first-order valence-electron chi connectivity index (χ1n) is 7.90. The molecule has 3 rings (SSSR count). The van der Waals surface area contributed by atoms with E-state index in [9.17, 15) is 4.79 Å². The Morgan fingerprint density at radius 2 is 2.08 bits per heavy atom. The number of nitrogens with zero attached hydrogens (tertiary/aromatic N) is 1. The van der Waals surface area contributed by atoms with Crippen LogP contribution in [-0.4, -0.2) is 31.2 Å². The third-order valence-corrected chi connectivity index (χ3v) is 4.54. The van der Waals surface area contributed by atoms with Gasteiger partial charge in [-0.2, -0.15) is 0 Å². The lowest BCUT2D eigenvalue weighted by atomic mass is 10.1. The number of benzene rings is 1. The molecule has 0 atom stereocenters. The van der Waals surface area contributed by atoms with Crippen molar-refractivity contribution in [2.75, 3.05) is 20.3 Å². The van der Waals surface area contributed by atoms with Crippen molar-refractivity contribution >= 4 is 17.2 Å². The standard InChI is InChI=1S/C17H20N2O4S/c1-3-4-16-19-12(10-24-16)17(20)18-9-11-7-14-15(8-13(11)21-2)23-6-5-22-14/h7-8,10H,3-6,9H2,1-2H3,(H,18,20). The first-order chi connectivity index (χ1) is 11.7. The molecule has 24 heavy (non-hydrogen) atoms. The number of thiazole rings is 1. The molecule has 0 unspecified atom stereocenters. The van der Waals surface area contributed by atoms with Crippen LogP contribution in [0.3, 0.4) is 0 Å². The first kappa shape index (κ1) is 16.6. The Labute approximate surface area is 144 Å². The van der Waals surface area contributed by atoms with Crippen LogP contribution in [0.5, 0.6) is 17.2 Å². The molecule has 1 aliphatic rings. The second-order valence-corrected chi connectivity index (χ2v) is 6.31. The first-order valence-corrected chi connectivity index (χ1v) is 8.78. The van der Waals surface area contributed by atoms with Gasteiger partial charge >= 0.3 is 0 Å². The van der Waals surface area contributed by atoms with E-state index in [0.29, 0.717) is 42.7 Å². The minimum absolute atomic E-state index is 0.189. The molecule has 128 valence electrons. The molecule has 1 aromatic heterocycles. The average Bonchev–Trinajstić information content (AvgIpc) is 3.08. The fourth-order valence-corrected chi connectivity index (χ4v) is 3.33. The van der Waals surface area contributed by atoms with Gasteiger partial charge in [-0.25, -0.2) is 4.98 Å². The van der Waals surface area contributed by atoms with Crippen molar-refractivity contribution in [3.8, 4) is 17.2 Å². The number of ether oxygens (including phenoxy) is 3. The van der Waals surface area contributed by atoms with Crippen LogP contribution < -0.4 is 19.5 Å². The van der Waals surface area contributed by atoms with Gasteiger partial charge in [0.1, 0.15) is 24.7 Å². The number of hydrogen-bond donors (Lipinski definition) is 1. The lowest BCUT2D eigenvalue weighted by Crippen LogP contribution is -2.24. The number of carbonyl (C=O) groups excluding carboxylic acids is 1. The third-order valence-electron chi connectivity index (χ3n) is 3.63. The normalized spacial score (nSPS) is 12.8. The molecule has 0 radical (unpaired) electrons. The number of aryl methyl sites for hydroxylation is 1. The Kier molecular flexibility index (Phi) is 5.20. The smallest absolute Gasteiger partial charge is 0.271 e. The molecular weight excluding hydrogens is 328 g/mol. The second-order valence-electron chi connectivity index (χ2n) is 5.37. The summed E-state index contributed by atoms with van der Waals surface area (Å²) in [6.07, 6.45) is 1.91. The summed E-state index contributed by atoms with van der Waals surface area (Å²) in [4.78, 5) is 16.6. The minimum Gasteiger partial charge on any atom is -0.496 e. The Bertz CT molecular complexity index is 729. The quantitative estimate of drug-likeness (QED) is 0.869. The Morgan fingerprint density at radius 1 is 1.33 bits per heavy atom. The van der Waals surface area contributed by atoms with Crippen molar-refractivity contribution in [2.24, 2.45) is 0 Å². The van der Waals surface area contributed by atoms with E-state index in [1.165, 1.54) is 11.3 Å². The molecule has 1 aromatic carbocycles. The summed E-state index contributed by atoms with van der Waals surface area (Å²) >= 11 is 1.52. The monoisotopic (exact) mass is 348 g/mol. The van der Waals surface area contributed by atoms with Crippen LogP contribution in [-0.2, 0) is 13.0 Å². The van der Waals surface area contributed by atoms with Crippen LogP contribution in [0.4, 0.5) is 0 Å². The van der Waals surface area contributed by atoms with Crippen LogP contribution in [0.1, 0.15) is 34.4 Å². The number of hydrogen-bond acceptors (Lipinski definition) is 6. The van der Waals surface area contributed by atoms with Gasteiger partial charge in [0.2, 0.25) is 0 Å². The van der Waals surface area contributed by atoms with Gasteiger partial charge in [0.25, 0.3) is 5.91 Å². The summed E-state index contributed by atoms with van der Waals surface area (Å²) < 4.78 is 16.5. The topological polar surface area (TPSA) is 69.7 Å². The summed E-state index contributed by atoms with van der Waals surface area (Å²) in [5.41, 5.74) is 1.29. The third kappa shape index (κ3) is 3.62. The predicted octanol–water partition coefficient (Wildman–Crippen LogP) is 2.81. The van der Waals surface area contributed by atoms with Crippen molar-refractivity contribution in [1.29, 1.82) is 0 Å². The average molecular weight is 348 g/mol. The molecule has 7 heteroatoms. The number of aromatic nitrogens is 1. The Balaban J connectivity index is 1.70. The Morgan fingerprint density at radius 3 is 2.79 bits per heavy atom. The highest BCUT2D eigenvalue weighted by Crippen LogP contribution is 2.36. The maximum atomic E-state index is 12.3. The lowest BCUT2D eigenvalue weighted by Gasteiger charge is -2.20. The maximum Gasteiger partial charge on any atom is 0.271 e. The molecule has 0 bridgehead atoms. The van der Waals surface area contributed by atoms with Gasteiger partial charge in [-0.15, -0.1) is 11.3 Å². The van der Waals surface area contributed by atoms with Crippen LogP contribution in [0.25, 0.3) is 0 Å². The molecule has 0 spiro atoms. The highest BCUT2D eigenvalue weighted by Gasteiger charge is 2.17. The zero-order chi connectivity index (χ0) is 16.9. The van der Waals surface area contributed by atoms with Crippen molar-refractivity contribution in [3.63, 3.8) is 0 Å². The summed E-state index contributed by atoms with van der Waals surface area (Å²) in [7, 11) is 1.59. The largest absolute Gasteiger partial charge is 0.496 e. The summed E-state index contributed by atoms with van der Waals surface area (Å²) in [5, 5.41) is 5.66. The van der Waals surface area contributed by atoms with E-state index in [0.717, 1.165) is 23.4 Å². The van der Waals surface area contributed by atoms with Gasteiger partial charge in [-0.1, -0.05) is 6.92 Å². The fourth-order valence-electron chi connectivity index (χ4n) is 2.45. The van der Waals surface area contributed by atoms with Gasteiger partial charge in [0, 0.05) is 23.6 Å². The molecule has 2 aromatic rings. The molecule has 0 saturated carbocycles. The summed E-state index contributed by atoms with van der Waals surface area (Å²) in [5.74, 6) is 1.80. The number of nitrogens with one attached hydrogen (secondary N) is 1. The zero-order valence-corrected chi connectivity index (χ0v) is 14.6. The van der Waals surface area contributed by atoms with Gasteiger partial charge < -0.3 is 19.5 Å². The molecule has 1 amide bonds. The van der Waals surface area contributed by atoms with E-state index >= 15 is 0 Å². The molecule has 6 nitrogen and oxygen atoms in total. The summed E-state index contributed by atoms with van der Waals surface area (Å²) in [6.45, 7) is 3.47. The maximum absolute atomic E-state index is 12.3. The highest BCUT2D eigenvalue weighted by molar-refractivity contribution is 7.09. The Hall–Kier alpha value is -2.28. The zero-order valence-electron chi connectivity index (χ0n) is 13.8. The van der Waals surface area contributed by atoms with E-state index in [1.54, 1.807) is 18.6 Å². The molecule has 1 aliphatic heterocycles. The predicted molar refractivity (Wildman–Crippen MR) is 91.3 cm³/mol. The highest BCUT2D eigenvalue weighted by atomic mass is 32.1. The van der Waals surface area contributed by atoms with E-state index < -0.39 is 0 Å². The molecular formula is C17H20N2O4S. The number of rotatable bonds is 6. The van der Waals surface area contributed by atoms with Gasteiger partial charge in [-0.05, 0) is 18.9 Å². The molecule has 0 saturated heterocycles. The molecule has 1 N–H and O–H groups in total. The molecule has 0 fully saturated rings. The lowest BCUT2D eigenvalue weighted by molar-refractivity contribution is 0.0946. The summed E-state index contributed by atoms with van der Waals surface area (Å²) in [6, 6.07) is 3.63.